The van der Waals surface area contributed by atoms with Gasteiger partial charge in [-0.2, -0.15) is 0 Å². The maximum Gasteiger partial charge on any atom is 0.0992 e. The van der Waals surface area contributed by atoms with E-state index in [1.807, 2.05) is 67.6 Å². The first-order chi connectivity index (χ1) is 11.1. The molecule has 3 rings (SSSR count). The minimum absolute atomic E-state index is 0.289. The van der Waals surface area contributed by atoms with Gasteiger partial charge in [0, 0.05) is 11.2 Å². The van der Waals surface area contributed by atoms with Crippen LogP contribution >= 0.6 is 11.6 Å². The zero-order valence-electron chi connectivity index (χ0n) is 12.9. The Kier molecular flexibility index (Phi) is 4.46. The number of pyridine rings is 1. The predicted molar refractivity (Wildman–Crippen MR) is 93.5 cm³/mol. The van der Waals surface area contributed by atoms with Gasteiger partial charge in [0.2, 0.25) is 0 Å². The normalized spacial score (nSPS) is 14.9. The highest BCUT2D eigenvalue weighted by atomic mass is 35.5. The van der Waals surface area contributed by atoms with Crippen molar-refractivity contribution < 1.29 is 5.11 Å². The molecule has 23 heavy (non-hydrogen) atoms. The summed E-state index contributed by atoms with van der Waals surface area (Å²) >= 11 is 6.12. The maximum atomic E-state index is 11.4. The summed E-state index contributed by atoms with van der Waals surface area (Å²) in [5.41, 5.74) is 1.46. The smallest absolute Gasteiger partial charge is 0.0992 e. The van der Waals surface area contributed by atoms with E-state index in [9.17, 15) is 5.11 Å². The van der Waals surface area contributed by atoms with Crippen molar-refractivity contribution in [3.63, 3.8) is 0 Å². The summed E-state index contributed by atoms with van der Waals surface area (Å²) in [6.07, 6.45) is 1.75. The molecule has 2 aromatic carbocycles. The monoisotopic (exact) mass is 323 g/mol. The highest BCUT2D eigenvalue weighted by molar-refractivity contribution is 6.30. The van der Waals surface area contributed by atoms with Gasteiger partial charge in [0.25, 0.3) is 0 Å². The van der Waals surface area contributed by atoms with Crippen molar-refractivity contribution in [2.24, 2.45) is 0 Å². The highest BCUT2D eigenvalue weighted by Crippen LogP contribution is 2.41. The van der Waals surface area contributed by atoms with E-state index in [2.05, 4.69) is 4.98 Å². The van der Waals surface area contributed by atoms with E-state index in [0.717, 1.165) is 16.8 Å². The molecule has 0 spiro atoms. The van der Waals surface area contributed by atoms with E-state index in [1.165, 1.54) is 0 Å². The molecular formula is C20H18ClNO. The van der Waals surface area contributed by atoms with Crippen LogP contribution < -0.4 is 0 Å². The van der Waals surface area contributed by atoms with Crippen LogP contribution in [0.1, 0.15) is 29.7 Å². The summed E-state index contributed by atoms with van der Waals surface area (Å²) in [4.78, 5) is 4.48. The Bertz CT molecular complexity index is 732. The molecule has 2 atom stereocenters. The SMILES string of the molecule is C[C@@](O)(c1cccc(Cl)c1)[C@H](c1ccccc1)c1ccccn1. The van der Waals surface area contributed by atoms with Crippen LogP contribution in [0.15, 0.2) is 79.0 Å². The van der Waals surface area contributed by atoms with Gasteiger partial charge in [0.1, 0.15) is 0 Å². The summed E-state index contributed by atoms with van der Waals surface area (Å²) in [7, 11) is 0. The molecule has 0 saturated heterocycles. The Morgan fingerprint density at radius 2 is 1.70 bits per heavy atom. The molecule has 1 aromatic heterocycles. The predicted octanol–water partition coefficient (Wildman–Crippen LogP) is 4.77. The first-order valence-corrected chi connectivity index (χ1v) is 7.91. The lowest BCUT2D eigenvalue weighted by molar-refractivity contribution is 0.0380. The van der Waals surface area contributed by atoms with E-state index in [4.69, 9.17) is 11.6 Å². The summed E-state index contributed by atoms with van der Waals surface area (Å²) in [5.74, 6) is -0.289. The van der Waals surface area contributed by atoms with E-state index in [0.29, 0.717) is 5.02 Å². The fourth-order valence-electron chi connectivity index (χ4n) is 2.95. The number of aliphatic hydroxyl groups is 1. The number of halogens is 1. The van der Waals surface area contributed by atoms with Gasteiger partial charge in [-0.1, -0.05) is 60.1 Å². The van der Waals surface area contributed by atoms with Crippen molar-refractivity contribution in [2.75, 3.05) is 0 Å². The quantitative estimate of drug-likeness (QED) is 0.750. The fraction of sp³-hybridized carbons (Fsp3) is 0.150. The zero-order valence-corrected chi connectivity index (χ0v) is 13.6. The molecule has 116 valence electrons. The fourth-order valence-corrected chi connectivity index (χ4v) is 3.14. The van der Waals surface area contributed by atoms with Gasteiger partial charge in [0.15, 0.2) is 0 Å². The number of aromatic nitrogens is 1. The standard InChI is InChI=1S/C20H18ClNO/c1-20(23,16-10-7-11-17(21)14-16)19(15-8-3-2-4-9-15)18-12-5-6-13-22-18/h2-14,19,23H,1H3/t19-,20-/m1/s1. The van der Waals surface area contributed by atoms with Gasteiger partial charge in [-0.15, -0.1) is 0 Å². The van der Waals surface area contributed by atoms with Crippen molar-refractivity contribution in [1.29, 1.82) is 0 Å². The molecule has 0 aliphatic rings. The second-order valence-corrected chi connectivity index (χ2v) is 6.19. The summed E-state index contributed by atoms with van der Waals surface area (Å²) in [5, 5.41) is 12.0. The Morgan fingerprint density at radius 3 is 2.35 bits per heavy atom. The molecule has 0 fully saturated rings. The average molecular weight is 324 g/mol. The van der Waals surface area contributed by atoms with Gasteiger partial charge in [-0.25, -0.2) is 0 Å². The van der Waals surface area contributed by atoms with Gasteiger partial charge in [-0.05, 0) is 42.3 Å². The Labute approximate surface area is 141 Å². The third-order valence-corrected chi connectivity index (χ3v) is 4.32. The van der Waals surface area contributed by atoms with Gasteiger partial charge in [-0.3, -0.25) is 4.98 Å². The third-order valence-electron chi connectivity index (χ3n) is 4.09. The number of hydrogen-bond donors (Lipinski definition) is 1. The molecule has 1 N–H and O–H groups in total. The molecule has 3 aromatic rings. The molecule has 0 aliphatic heterocycles. The summed E-state index contributed by atoms with van der Waals surface area (Å²) in [6.45, 7) is 1.81. The summed E-state index contributed by atoms with van der Waals surface area (Å²) < 4.78 is 0. The van der Waals surface area contributed by atoms with Gasteiger partial charge < -0.3 is 5.11 Å². The number of benzene rings is 2. The Balaban J connectivity index is 2.15. The number of nitrogens with zero attached hydrogens (tertiary/aromatic N) is 1. The minimum atomic E-state index is -1.14. The van der Waals surface area contributed by atoms with E-state index >= 15 is 0 Å². The number of hydrogen-bond acceptors (Lipinski definition) is 2. The van der Waals surface area contributed by atoms with Crippen LogP contribution in [0.5, 0.6) is 0 Å². The van der Waals surface area contributed by atoms with Crippen LogP contribution in [-0.2, 0) is 5.60 Å². The van der Waals surface area contributed by atoms with Crippen LogP contribution in [0, 0.1) is 0 Å². The van der Waals surface area contributed by atoms with E-state index in [1.54, 1.807) is 18.3 Å². The molecular weight excluding hydrogens is 306 g/mol. The van der Waals surface area contributed by atoms with Crippen molar-refractivity contribution in [1.82, 2.24) is 4.98 Å². The first-order valence-electron chi connectivity index (χ1n) is 7.53. The second kappa shape index (κ2) is 6.53. The lowest BCUT2D eigenvalue weighted by Gasteiger charge is -2.33. The van der Waals surface area contributed by atoms with Gasteiger partial charge in [0.05, 0.1) is 17.2 Å². The summed E-state index contributed by atoms with van der Waals surface area (Å²) in [6, 6.07) is 23.0. The van der Waals surface area contributed by atoms with Crippen LogP contribution in [0.4, 0.5) is 0 Å². The lowest BCUT2D eigenvalue weighted by Crippen LogP contribution is -2.31. The third kappa shape index (κ3) is 3.29. The minimum Gasteiger partial charge on any atom is -0.384 e. The molecule has 0 radical (unpaired) electrons. The van der Waals surface area contributed by atoms with Crippen molar-refractivity contribution in [2.45, 2.75) is 18.4 Å². The zero-order chi connectivity index (χ0) is 16.3. The van der Waals surface area contributed by atoms with Crippen LogP contribution in [0.2, 0.25) is 5.02 Å². The van der Waals surface area contributed by atoms with Crippen LogP contribution in [0.25, 0.3) is 0 Å². The molecule has 1 heterocycles. The highest BCUT2D eigenvalue weighted by Gasteiger charge is 2.37. The lowest BCUT2D eigenvalue weighted by atomic mass is 9.76. The Hall–Kier alpha value is -2.16. The molecule has 0 saturated carbocycles. The molecule has 3 heteroatoms. The molecule has 2 nitrogen and oxygen atoms in total. The maximum absolute atomic E-state index is 11.4. The molecule has 0 aliphatic carbocycles. The van der Waals surface area contributed by atoms with Crippen LogP contribution in [0.3, 0.4) is 0 Å². The topological polar surface area (TPSA) is 33.1 Å². The van der Waals surface area contributed by atoms with Gasteiger partial charge >= 0.3 is 0 Å². The number of rotatable bonds is 4. The molecule has 0 amide bonds. The molecule has 0 bridgehead atoms. The molecule has 0 unspecified atom stereocenters. The van der Waals surface area contributed by atoms with Crippen molar-refractivity contribution in [3.05, 3.63) is 101 Å². The second-order valence-electron chi connectivity index (χ2n) is 5.76. The van der Waals surface area contributed by atoms with E-state index < -0.39 is 5.60 Å². The Morgan fingerprint density at radius 1 is 0.957 bits per heavy atom. The largest absolute Gasteiger partial charge is 0.384 e. The first kappa shape index (κ1) is 15.7. The van der Waals surface area contributed by atoms with E-state index in [-0.39, 0.29) is 5.92 Å². The average Bonchev–Trinajstić information content (AvgIpc) is 2.57. The van der Waals surface area contributed by atoms with Crippen molar-refractivity contribution >= 4 is 11.6 Å². The van der Waals surface area contributed by atoms with Crippen LogP contribution in [-0.4, -0.2) is 10.1 Å². The van der Waals surface area contributed by atoms with Crippen molar-refractivity contribution in [3.8, 4) is 0 Å².